The number of nitrogens with one attached hydrogen (secondary N) is 1. The van der Waals surface area contributed by atoms with Crippen molar-refractivity contribution in [3.8, 4) is 0 Å². The molecule has 1 N–H and O–H groups in total. The average molecular weight is 256 g/mol. The Kier molecular flexibility index (Phi) is 4.03. The van der Waals surface area contributed by atoms with Gasteiger partial charge in [0, 0.05) is 0 Å². The molecular weight excluding hydrogens is 243 g/mol. The molecular formula is C15H13FN2O. The number of hydrogen-bond acceptors (Lipinski definition) is 2. The number of rotatable bonds is 3. The molecule has 19 heavy (non-hydrogen) atoms. The normalized spacial score (nSPS) is 10.6. The molecule has 0 heterocycles. The first kappa shape index (κ1) is 13.0. The molecule has 0 atom stereocenters. The zero-order valence-electron chi connectivity index (χ0n) is 10.4. The standard InChI is InChI=1S/C15H13FN2O/c1-11-6-8-12(9-7-11)10-17-18-15(19)13-4-2-3-5-14(13)16/h2-10H,1H3,(H,18,19)/b17-10+. The molecule has 0 aliphatic carbocycles. The Hall–Kier alpha value is -2.49. The van der Waals surface area contributed by atoms with Gasteiger partial charge in [0.15, 0.2) is 0 Å². The molecule has 0 aliphatic heterocycles. The van der Waals surface area contributed by atoms with Crippen LogP contribution in [0.3, 0.4) is 0 Å². The lowest BCUT2D eigenvalue weighted by molar-refractivity contribution is 0.0951. The summed E-state index contributed by atoms with van der Waals surface area (Å²) in [6, 6.07) is 13.4. The zero-order chi connectivity index (χ0) is 13.7. The van der Waals surface area contributed by atoms with E-state index in [0.717, 1.165) is 11.1 Å². The van der Waals surface area contributed by atoms with Crippen molar-refractivity contribution in [2.45, 2.75) is 6.92 Å². The highest BCUT2D eigenvalue weighted by molar-refractivity contribution is 5.95. The highest BCUT2D eigenvalue weighted by atomic mass is 19.1. The largest absolute Gasteiger partial charge is 0.274 e. The fourth-order valence-electron chi connectivity index (χ4n) is 1.52. The van der Waals surface area contributed by atoms with Gasteiger partial charge in [-0.25, -0.2) is 9.82 Å². The fourth-order valence-corrected chi connectivity index (χ4v) is 1.52. The quantitative estimate of drug-likeness (QED) is 0.665. The number of benzene rings is 2. The summed E-state index contributed by atoms with van der Waals surface area (Å²) in [5.74, 6) is -1.13. The summed E-state index contributed by atoms with van der Waals surface area (Å²) < 4.78 is 13.3. The number of aryl methyl sites for hydroxylation is 1. The minimum absolute atomic E-state index is 0.0245. The van der Waals surface area contributed by atoms with E-state index in [0.29, 0.717) is 0 Å². The third-order valence-electron chi connectivity index (χ3n) is 2.58. The van der Waals surface area contributed by atoms with Gasteiger partial charge in [-0.05, 0) is 24.6 Å². The van der Waals surface area contributed by atoms with Gasteiger partial charge in [0.1, 0.15) is 5.82 Å². The Bertz CT molecular complexity index is 606. The van der Waals surface area contributed by atoms with Gasteiger partial charge in [-0.1, -0.05) is 42.0 Å². The van der Waals surface area contributed by atoms with Gasteiger partial charge in [0.05, 0.1) is 11.8 Å². The van der Waals surface area contributed by atoms with Crippen molar-refractivity contribution in [3.63, 3.8) is 0 Å². The van der Waals surface area contributed by atoms with Crippen LogP contribution in [-0.4, -0.2) is 12.1 Å². The molecule has 0 aromatic heterocycles. The molecule has 0 saturated heterocycles. The molecule has 0 aliphatic rings. The van der Waals surface area contributed by atoms with Crippen molar-refractivity contribution in [2.75, 3.05) is 0 Å². The Morgan fingerprint density at radius 2 is 1.84 bits per heavy atom. The monoisotopic (exact) mass is 256 g/mol. The number of hydrazone groups is 1. The van der Waals surface area contributed by atoms with Crippen molar-refractivity contribution in [1.82, 2.24) is 5.43 Å². The number of hydrogen-bond donors (Lipinski definition) is 1. The van der Waals surface area contributed by atoms with Crippen molar-refractivity contribution in [1.29, 1.82) is 0 Å². The summed E-state index contributed by atoms with van der Waals surface area (Å²) in [6.45, 7) is 1.99. The molecule has 4 heteroatoms. The highest BCUT2D eigenvalue weighted by Crippen LogP contribution is 2.05. The van der Waals surface area contributed by atoms with Crippen molar-refractivity contribution < 1.29 is 9.18 Å². The summed E-state index contributed by atoms with van der Waals surface area (Å²) in [4.78, 5) is 11.6. The second-order valence-electron chi connectivity index (χ2n) is 4.09. The Balaban J connectivity index is 2.01. The Morgan fingerprint density at radius 3 is 2.53 bits per heavy atom. The van der Waals surface area contributed by atoms with Crippen LogP contribution < -0.4 is 5.43 Å². The third kappa shape index (κ3) is 3.48. The van der Waals surface area contributed by atoms with E-state index < -0.39 is 11.7 Å². The fraction of sp³-hybridized carbons (Fsp3) is 0.0667. The lowest BCUT2D eigenvalue weighted by Crippen LogP contribution is -2.18. The molecule has 0 unspecified atom stereocenters. The van der Waals surface area contributed by atoms with E-state index in [-0.39, 0.29) is 5.56 Å². The predicted octanol–water partition coefficient (Wildman–Crippen LogP) is 2.90. The molecule has 3 nitrogen and oxygen atoms in total. The van der Waals surface area contributed by atoms with E-state index in [1.807, 2.05) is 31.2 Å². The number of carbonyl (C=O) groups excluding carboxylic acids is 1. The molecule has 2 aromatic carbocycles. The van der Waals surface area contributed by atoms with Crippen LogP contribution in [0.4, 0.5) is 4.39 Å². The van der Waals surface area contributed by atoms with Crippen LogP contribution in [0.5, 0.6) is 0 Å². The molecule has 0 saturated carbocycles. The van der Waals surface area contributed by atoms with Crippen LogP contribution in [0.15, 0.2) is 53.6 Å². The third-order valence-corrected chi connectivity index (χ3v) is 2.58. The maximum Gasteiger partial charge on any atom is 0.274 e. The van der Waals surface area contributed by atoms with Crippen molar-refractivity contribution >= 4 is 12.1 Å². The van der Waals surface area contributed by atoms with E-state index in [1.165, 1.54) is 24.4 Å². The van der Waals surface area contributed by atoms with Gasteiger partial charge in [-0.15, -0.1) is 0 Å². The van der Waals surface area contributed by atoms with Crippen molar-refractivity contribution in [3.05, 3.63) is 71.0 Å². The van der Waals surface area contributed by atoms with Crippen LogP contribution >= 0.6 is 0 Å². The Morgan fingerprint density at radius 1 is 1.16 bits per heavy atom. The Labute approximate surface area is 110 Å². The van der Waals surface area contributed by atoms with E-state index in [9.17, 15) is 9.18 Å². The SMILES string of the molecule is Cc1ccc(/C=N/NC(=O)c2ccccc2F)cc1. The first-order valence-corrected chi connectivity index (χ1v) is 5.81. The number of halogens is 1. The molecule has 0 spiro atoms. The van der Waals surface area contributed by atoms with E-state index >= 15 is 0 Å². The zero-order valence-corrected chi connectivity index (χ0v) is 10.4. The molecule has 1 amide bonds. The molecule has 2 aromatic rings. The van der Waals surface area contributed by atoms with E-state index in [2.05, 4.69) is 10.5 Å². The molecule has 0 bridgehead atoms. The number of carbonyl (C=O) groups is 1. The maximum atomic E-state index is 13.3. The maximum absolute atomic E-state index is 13.3. The summed E-state index contributed by atoms with van der Waals surface area (Å²) >= 11 is 0. The van der Waals surface area contributed by atoms with Crippen molar-refractivity contribution in [2.24, 2.45) is 5.10 Å². The van der Waals surface area contributed by atoms with Gasteiger partial charge in [0.2, 0.25) is 0 Å². The minimum atomic E-state index is -0.568. The van der Waals surface area contributed by atoms with Gasteiger partial charge >= 0.3 is 0 Å². The van der Waals surface area contributed by atoms with E-state index in [4.69, 9.17) is 0 Å². The van der Waals surface area contributed by atoms with Crippen LogP contribution in [0.1, 0.15) is 21.5 Å². The van der Waals surface area contributed by atoms with Crippen LogP contribution in [0, 0.1) is 12.7 Å². The van der Waals surface area contributed by atoms with Gasteiger partial charge in [0.25, 0.3) is 5.91 Å². The molecule has 0 fully saturated rings. The second kappa shape index (κ2) is 5.91. The summed E-state index contributed by atoms with van der Waals surface area (Å²) in [5, 5.41) is 3.80. The molecule has 96 valence electrons. The number of nitrogens with zero attached hydrogens (tertiary/aromatic N) is 1. The average Bonchev–Trinajstić information content (AvgIpc) is 2.41. The topological polar surface area (TPSA) is 41.5 Å². The van der Waals surface area contributed by atoms with E-state index in [1.54, 1.807) is 6.07 Å². The summed E-state index contributed by atoms with van der Waals surface area (Å²) in [7, 11) is 0. The van der Waals surface area contributed by atoms with Crippen LogP contribution in [0.25, 0.3) is 0 Å². The summed E-state index contributed by atoms with van der Waals surface area (Å²) in [6.07, 6.45) is 1.51. The molecule has 0 radical (unpaired) electrons. The van der Waals surface area contributed by atoms with Gasteiger partial charge in [-0.3, -0.25) is 4.79 Å². The second-order valence-corrected chi connectivity index (χ2v) is 4.09. The van der Waals surface area contributed by atoms with Crippen LogP contribution in [0.2, 0.25) is 0 Å². The van der Waals surface area contributed by atoms with Gasteiger partial charge in [-0.2, -0.15) is 5.10 Å². The van der Waals surface area contributed by atoms with Gasteiger partial charge < -0.3 is 0 Å². The van der Waals surface area contributed by atoms with Crippen LogP contribution in [-0.2, 0) is 0 Å². The minimum Gasteiger partial charge on any atom is -0.267 e. The first-order valence-electron chi connectivity index (χ1n) is 5.81. The number of amides is 1. The smallest absolute Gasteiger partial charge is 0.267 e. The lowest BCUT2D eigenvalue weighted by Gasteiger charge is -2.00. The molecule has 2 rings (SSSR count). The lowest BCUT2D eigenvalue weighted by atomic mass is 10.2. The first-order chi connectivity index (χ1) is 9.16. The highest BCUT2D eigenvalue weighted by Gasteiger charge is 2.08. The summed E-state index contributed by atoms with van der Waals surface area (Å²) in [5.41, 5.74) is 4.28. The predicted molar refractivity (Wildman–Crippen MR) is 72.6 cm³/mol.